The summed E-state index contributed by atoms with van der Waals surface area (Å²) in [5.74, 6) is 1.64. The Hall–Kier alpha value is -1.40. The van der Waals surface area contributed by atoms with Crippen LogP contribution < -0.4 is 4.74 Å². The highest BCUT2D eigenvalue weighted by Gasteiger charge is 2.36. The zero-order chi connectivity index (χ0) is 32.8. The molecular formula is C37H74N3O2S+. The third-order valence-electron chi connectivity index (χ3n) is 7.59. The highest BCUT2D eigenvalue weighted by atomic mass is 32.1. The maximum Gasteiger partial charge on any atom is 0.253 e. The highest BCUT2D eigenvalue weighted by molar-refractivity contribution is 6.99. The van der Waals surface area contributed by atoms with Gasteiger partial charge in [-0.2, -0.15) is 4.37 Å². The average Bonchev–Trinajstić information content (AvgIpc) is 3.49. The molecule has 1 aromatic heterocycles. The Bertz CT molecular complexity index is 780. The maximum atomic E-state index is 6.36. The quantitative estimate of drug-likeness (QED) is 0.0775. The Morgan fingerprint density at radius 3 is 1.91 bits per heavy atom. The number of likely N-dealkylation sites (N-methyl/N-ethyl adjacent to an activating group) is 1. The Morgan fingerprint density at radius 2 is 1.35 bits per heavy atom. The summed E-state index contributed by atoms with van der Waals surface area (Å²) >= 11 is 1.25. The molecule has 254 valence electrons. The molecule has 0 aromatic carbocycles. The zero-order valence-electron chi connectivity index (χ0n) is 30.6. The van der Waals surface area contributed by atoms with Gasteiger partial charge >= 0.3 is 0 Å². The predicted molar refractivity (Wildman–Crippen MR) is 193 cm³/mol. The molecule has 0 N–H and O–H groups in total. The highest BCUT2D eigenvalue weighted by Crippen LogP contribution is 2.32. The third kappa shape index (κ3) is 21.1. The first-order chi connectivity index (χ1) is 20.9. The molecule has 2 rings (SSSR count). The lowest BCUT2D eigenvalue weighted by molar-refractivity contribution is -0.946. The lowest BCUT2D eigenvalue weighted by Crippen LogP contribution is -2.54. The van der Waals surface area contributed by atoms with Crippen molar-refractivity contribution < 1.29 is 14.0 Å². The van der Waals surface area contributed by atoms with E-state index in [0.29, 0.717) is 5.88 Å². The minimum Gasteiger partial charge on any atom is -0.475 e. The summed E-state index contributed by atoms with van der Waals surface area (Å²) in [5, 5.41) is 0. The summed E-state index contributed by atoms with van der Waals surface area (Å²) in [7, 11) is 2.29. The van der Waals surface area contributed by atoms with Crippen molar-refractivity contribution in [1.82, 2.24) is 8.75 Å². The lowest BCUT2D eigenvalue weighted by Gasteiger charge is -2.42. The molecule has 0 spiro atoms. The summed E-state index contributed by atoms with van der Waals surface area (Å²) < 4.78 is 22.2. The molecule has 0 radical (unpaired) electrons. The van der Waals surface area contributed by atoms with Crippen molar-refractivity contribution in [2.45, 2.75) is 178 Å². The molecule has 5 nitrogen and oxygen atoms in total. The van der Waals surface area contributed by atoms with Crippen molar-refractivity contribution in [3.63, 3.8) is 0 Å². The van der Waals surface area contributed by atoms with Gasteiger partial charge in [-0.3, -0.25) is 4.48 Å². The van der Waals surface area contributed by atoms with E-state index in [9.17, 15) is 0 Å². The van der Waals surface area contributed by atoms with E-state index >= 15 is 0 Å². The zero-order valence-corrected chi connectivity index (χ0v) is 31.4. The van der Waals surface area contributed by atoms with Gasteiger partial charge in [0.2, 0.25) is 6.23 Å². The van der Waals surface area contributed by atoms with Crippen LogP contribution in [0.25, 0.3) is 5.57 Å². The van der Waals surface area contributed by atoms with Crippen LogP contribution in [-0.4, -0.2) is 46.2 Å². The smallest absolute Gasteiger partial charge is 0.253 e. The van der Waals surface area contributed by atoms with Crippen LogP contribution in [0.15, 0.2) is 18.4 Å². The standard InChI is InChI=1S/C30H54N3O2S.C3H8.2C2H6/c1-6-8-10-12-13-14-15-16-17-18-21-26(3)35-27(4)33(5)23-20-22-28(25-33)29-30(32-36-31-29)34-24-19-11-9-7-2;1-3-2;2*1-2/h22,27H,3,6-21,23-25H2,1-2,4-5H3;3H2,1-2H3;2*1-2H3/q+1;;;. The van der Waals surface area contributed by atoms with E-state index in [4.69, 9.17) is 9.47 Å². The van der Waals surface area contributed by atoms with Gasteiger partial charge in [0.1, 0.15) is 12.2 Å². The van der Waals surface area contributed by atoms with Crippen molar-refractivity contribution in [2.24, 2.45) is 0 Å². The van der Waals surface area contributed by atoms with Gasteiger partial charge in [0.05, 0.1) is 37.7 Å². The minimum absolute atomic E-state index is 0.0642. The van der Waals surface area contributed by atoms with E-state index in [1.54, 1.807) is 0 Å². The summed E-state index contributed by atoms with van der Waals surface area (Å²) in [6, 6.07) is 0. The average molecular weight is 625 g/mol. The van der Waals surface area contributed by atoms with Crippen LogP contribution >= 0.6 is 11.7 Å². The number of aromatic nitrogens is 2. The van der Waals surface area contributed by atoms with E-state index < -0.39 is 0 Å². The van der Waals surface area contributed by atoms with Crippen LogP contribution in [0, 0.1) is 0 Å². The van der Waals surface area contributed by atoms with Crippen molar-refractivity contribution in [3.05, 3.63) is 24.1 Å². The molecule has 2 heterocycles. The van der Waals surface area contributed by atoms with Crippen LogP contribution in [-0.2, 0) is 4.74 Å². The molecule has 2 atom stereocenters. The largest absolute Gasteiger partial charge is 0.475 e. The minimum atomic E-state index is 0.0642. The first kappa shape index (κ1) is 43.7. The van der Waals surface area contributed by atoms with E-state index in [1.165, 1.54) is 107 Å². The van der Waals surface area contributed by atoms with Crippen molar-refractivity contribution >= 4 is 17.3 Å². The number of hydrogen-bond donors (Lipinski definition) is 0. The van der Waals surface area contributed by atoms with Crippen LogP contribution in [0.3, 0.4) is 0 Å². The van der Waals surface area contributed by atoms with E-state index in [0.717, 1.165) is 54.9 Å². The maximum absolute atomic E-state index is 6.36. The number of ether oxygens (including phenoxy) is 2. The molecule has 1 aromatic rings. The van der Waals surface area contributed by atoms with Gasteiger partial charge in [-0.25, -0.2) is 0 Å². The molecule has 0 bridgehead atoms. The summed E-state index contributed by atoms with van der Waals surface area (Å²) in [6.07, 6.45) is 23.9. The van der Waals surface area contributed by atoms with E-state index in [2.05, 4.69) is 63.1 Å². The second kappa shape index (κ2) is 30.6. The molecule has 6 heteroatoms. The number of allylic oxidation sites excluding steroid dienone is 1. The van der Waals surface area contributed by atoms with Crippen LogP contribution in [0.2, 0.25) is 0 Å². The molecule has 0 aliphatic carbocycles. The number of nitrogens with zero attached hydrogens (tertiary/aromatic N) is 3. The fourth-order valence-corrected chi connectivity index (χ4v) is 5.49. The Kier molecular flexibility index (Phi) is 31.1. The fraction of sp³-hybridized carbons (Fsp3) is 0.838. The summed E-state index contributed by atoms with van der Waals surface area (Å²) in [6.45, 7) is 25.9. The number of unbranched alkanes of at least 4 members (excludes halogenated alkanes) is 12. The summed E-state index contributed by atoms with van der Waals surface area (Å²) in [5.41, 5.74) is 2.16. The van der Waals surface area contributed by atoms with E-state index in [-0.39, 0.29) is 6.23 Å². The molecule has 2 unspecified atom stereocenters. The van der Waals surface area contributed by atoms with Gasteiger partial charge in [0.15, 0.2) is 0 Å². The van der Waals surface area contributed by atoms with Crippen LogP contribution in [0.5, 0.6) is 5.88 Å². The fourth-order valence-electron chi connectivity index (χ4n) is 4.95. The molecule has 1 aliphatic heterocycles. The first-order valence-corrected chi connectivity index (χ1v) is 19.0. The Labute approximate surface area is 273 Å². The molecule has 0 saturated carbocycles. The van der Waals surface area contributed by atoms with Gasteiger partial charge in [0, 0.05) is 25.3 Å². The molecule has 0 fully saturated rings. The number of rotatable bonds is 21. The SMILES string of the molecule is C=C(CCCCCCCCCCCC)OC(C)[N+]1(C)CCC=C(c2nsnc2OCCCCCC)C1.CC.CC.CCC. The first-order valence-electron chi connectivity index (χ1n) is 18.2. The van der Waals surface area contributed by atoms with Crippen LogP contribution in [0.4, 0.5) is 0 Å². The number of quaternary nitrogens is 1. The third-order valence-corrected chi connectivity index (χ3v) is 8.10. The molecular weight excluding hydrogens is 550 g/mol. The lowest BCUT2D eigenvalue weighted by atomic mass is 10.0. The molecule has 0 saturated heterocycles. The second-order valence-electron chi connectivity index (χ2n) is 11.6. The molecule has 43 heavy (non-hydrogen) atoms. The molecule has 0 amide bonds. The molecule has 1 aliphatic rings. The van der Waals surface area contributed by atoms with Gasteiger partial charge in [-0.15, -0.1) is 4.37 Å². The van der Waals surface area contributed by atoms with Gasteiger partial charge < -0.3 is 9.47 Å². The summed E-state index contributed by atoms with van der Waals surface area (Å²) in [4.78, 5) is 0. The van der Waals surface area contributed by atoms with Gasteiger partial charge in [0.25, 0.3) is 5.88 Å². The van der Waals surface area contributed by atoms with Gasteiger partial charge in [-0.1, -0.05) is 152 Å². The topological polar surface area (TPSA) is 44.2 Å². The van der Waals surface area contributed by atoms with E-state index in [1.807, 2.05) is 27.7 Å². The van der Waals surface area contributed by atoms with Gasteiger partial charge in [-0.05, 0) is 12.8 Å². The number of hydrogen-bond acceptors (Lipinski definition) is 5. The Balaban J connectivity index is 0. The van der Waals surface area contributed by atoms with Crippen molar-refractivity contribution in [2.75, 3.05) is 26.7 Å². The second-order valence-corrected chi connectivity index (χ2v) is 12.1. The van der Waals surface area contributed by atoms with Crippen LogP contribution in [0.1, 0.15) is 177 Å². The van der Waals surface area contributed by atoms with Crippen molar-refractivity contribution in [1.29, 1.82) is 0 Å². The normalized spacial score (nSPS) is 16.3. The van der Waals surface area contributed by atoms with Crippen molar-refractivity contribution in [3.8, 4) is 5.88 Å². The predicted octanol–water partition coefficient (Wildman–Crippen LogP) is 12.4. The monoisotopic (exact) mass is 625 g/mol. The Morgan fingerprint density at radius 1 is 0.837 bits per heavy atom.